The predicted octanol–water partition coefficient (Wildman–Crippen LogP) is 4.91. The number of carbonyl (C=O) groups excluding carboxylic acids is 1. The van der Waals surface area contributed by atoms with Crippen LogP contribution < -0.4 is 15.1 Å². The number of hydrogen-bond acceptors (Lipinski definition) is 6. The summed E-state index contributed by atoms with van der Waals surface area (Å²) < 4.78 is 21.7. The molecule has 0 saturated carbocycles. The first kappa shape index (κ1) is 22.2. The van der Waals surface area contributed by atoms with E-state index in [-0.39, 0.29) is 12.5 Å². The van der Waals surface area contributed by atoms with Gasteiger partial charge in [0.2, 0.25) is 0 Å². The number of fused-ring (bicyclic) bond motifs is 1. The maximum Gasteiger partial charge on any atom is 0.344 e. The molecule has 6 nitrogen and oxygen atoms in total. The lowest BCUT2D eigenvalue weighted by Gasteiger charge is -2.14. The molecule has 2 aromatic carbocycles. The Morgan fingerprint density at radius 2 is 1.81 bits per heavy atom. The van der Waals surface area contributed by atoms with Crippen LogP contribution in [0.1, 0.15) is 19.4 Å². The number of benzene rings is 2. The van der Waals surface area contributed by atoms with Crippen LogP contribution in [0.3, 0.4) is 0 Å². The van der Waals surface area contributed by atoms with Gasteiger partial charge in [-0.3, -0.25) is 0 Å². The molecule has 0 radical (unpaired) electrons. The molecule has 0 fully saturated rings. The predicted molar refractivity (Wildman–Crippen MR) is 120 cm³/mol. The van der Waals surface area contributed by atoms with Gasteiger partial charge in [0.05, 0.1) is 25.9 Å². The molecule has 162 valence electrons. The van der Waals surface area contributed by atoms with Crippen molar-refractivity contribution >= 4 is 16.9 Å². The minimum Gasteiger partial charge on any atom is -0.497 e. The summed E-state index contributed by atoms with van der Waals surface area (Å²) in [5.41, 5.74) is 2.61. The van der Waals surface area contributed by atoms with Crippen molar-refractivity contribution in [2.75, 3.05) is 20.3 Å². The number of hydrogen-bond donors (Lipinski definition) is 0. The molecule has 1 atom stereocenters. The number of carbonyl (C=O) groups is 1. The molecule has 31 heavy (non-hydrogen) atoms. The topological polar surface area (TPSA) is 75.0 Å². The Morgan fingerprint density at radius 1 is 1.06 bits per heavy atom. The van der Waals surface area contributed by atoms with E-state index in [1.807, 2.05) is 50.2 Å². The molecule has 0 aliphatic rings. The fourth-order valence-electron chi connectivity index (χ4n) is 3.06. The van der Waals surface area contributed by atoms with Crippen molar-refractivity contribution in [2.45, 2.75) is 20.8 Å². The zero-order valence-corrected chi connectivity index (χ0v) is 18.2. The Bertz CT molecular complexity index is 1170. The number of rotatable bonds is 8. The second-order valence-corrected chi connectivity index (χ2v) is 7.62. The van der Waals surface area contributed by atoms with Gasteiger partial charge < -0.3 is 18.6 Å². The Balaban J connectivity index is 1.75. The summed E-state index contributed by atoms with van der Waals surface area (Å²) in [5.74, 6) is 0.882. The Labute approximate surface area is 181 Å². The van der Waals surface area contributed by atoms with Crippen LogP contribution in [0.2, 0.25) is 0 Å². The van der Waals surface area contributed by atoms with E-state index in [4.69, 9.17) is 18.6 Å². The molecule has 0 amide bonds. The number of esters is 1. The summed E-state index contributed by atoms with van der Waals surface area (Å²) in [4.78, 5) is 24.1. The lowest BCUT2D eigenvalue weighted by Crippen LogP contribution is -2.18. The van der Waals surface area contributed by atoms with Crippen LogP contribution in [0, 0.1) is 12.8 Å². The van der Waals surface area contributed by atoms with Crippen molar-refractivity contribution in [1.82, 2.24) is 0 Å². The van der Waals surface area contributed by atoms with Crippen LogP contribution in [0.5, 0.6) is 11.5 Å². The van der Waals surface area contributed by atoms with Crippen molar-refractivity contribution in [2.24, 2.45) is 5.92 Å². The first-order valence-electron chi connectivity index (χ1n) is 9.97. The van der Waals surface area contributed by atoms with Gasteiger partial charge in [-0.1, -0.05) is 19.6 Å². The van der Waals surface area contributed by atoms with Crippen molar-refractivity contribution in [3.8, 4) is 22.6 Å². The molecule has 0 spiro atoms. The fourth-order valence-corrected chi connectivity index (χ4v) is 3.06. The fraction of sp³-hybridized carbons (Fsp3) is 0.280. The van der Waals surface area contributed by atoms with Gasteiger partial charge in [0.25, 0.3) is 0 Å². The molecule has 3 aromatic rings. The van der Waals surface area contributed by atoms with Crippen LogP contribution in [-0.4, -0.2) is 26.3 Å². The molecule has 0 saturated heterocycles. The third-order valence-electron chi connectivity index (χ3n) is 4.81. The molecule has 6 heteroatoms. The molecule has 0 bridgehead atoms. The number of methoxy groups -OCH3 is 1. The van der Waals surface area contributed by atoms with Gasteiger partial charge in [-0.25, -0.2) is 9.59 Å². The van der Waals surface area contributed by atoms with E-state index >= 15 is 0 Å². The quantitative estimate of drug-likeness (QED) is 0.292. The van der Waals surface area contributed by atoms with Crippen LogP contribution in [0.4, 0.5) is 0 Å². The first-order chi connectivity index (χ1) is 14.8. The molecule has 3 rings (SSSR count). The van der Waals surface area contributed by atoms with Crippen LogP contribution in [-0.2, 0) is 9.53 Å². The Hall–Kier alpha value is -3.54. The lowest BCUT2D eigenvalue weighted by atomic mass is 10.0. The smallest absolute Gasteiger partial charge is 0.344 e. The molecule has 0 N–H and O–H groups in total. The molecule has 1 aromatic heterocycles. The third-order valence-corrected chi connectivity index (χ3v) is 4.81. The average molecular weight is 422 g/mol. The molecule has 0 aliphatic heterocycles. The first-order valence-corrected chi connectivity index (χ1v) is 9.97. The molecule has 0 aliphatic carbocycles. The van der Waals surface area contributed by atoms with Crippen LogP contribution in [0.15, 0.2) is 63.8 Å². The van der Waals surface area contributed by atoms with Crippen molar-refractivity contribution < 1.29 is 23.4 Å². The zero-order chi connectivity index (χ0) is 22.5. The second kappa shape index (κ2) is 9.51. The average Bonchev–Trinajstić information content (AvgIpc) is 2.75. The summed E-state index contributed by atoms with van der Waals surface area (Å²) >= 11 is 0. The third kappa shape index (κ3) is 5.34. The van der Waals surface area contributed by atoms with Crippen LogP contribution >= 0.6 is 0 Å². The van der Waals surface area contributed by atoms with Crippen molar-refractivity contribution in [3.63, 3.8) is 0 Å². The molecule has 1 unspecified atom stereocenters. The van der Waals surface area contributed by atoms with Gasteiger partial charge in [-0.15, -0.1) is 0 Å². The standard InChI is InChI=1S/C25H26O6/c1-15(2)24(26)30-14-16(3)13-29-20-7-6-18-11-22(25(27)31-23(18)12-20)21-9-8-19(28-5)10-17(21)4/h6-12,16H,1,13-14H2,2-5H3. The highest BCUT2D eigenvalue weighted by atomic mass is 16.5. The summed E-state index contributed by atoms with van der Waals surface area (Å²) in [6.07, 6.45) is 0. The minimum absolute atomic E-state index is 0.00794. The second-order valence-electron chi connectivity index (χ2n) is 7.62. The summed E-state index contributed by atoms with van der Waals surface area (Å²) in [5, 5.41) is 0.792. The molecular weight excluding hydrogens is 396 g/mol. The molecule has 1 heterocycles. The van der Waals surface area contributed by atoms with E-state index in [0.29, 0.717) is 29.1 Å². The number of ether oxygens (including phenoxy) is 3. The SMILES string of the molecule is C=C(C)C(=O)OCC(C)COc1ccc2cc(-c3ccc(OC)cc3C)c(=O)oc2c1. The Kier molecular flexibility index (Phi) is 6.80. The van der Waals surface area contributed by atoms with Crippen LogP contribution in [0.25, 0.3) is 22.1 Å². The molecular formula is C25H26O6. The van der Waals surface area contributed by atoms with Gasteiger partial charge in [-0.05, 0) is 55.3 Å². The van der Waals surface area contributed by atoms with E-state index < -0.39 is 11.6 Å². The zero-order valence-electron chi connectivity index (χ0n) is 18.2. The van der Waals surface area contributed by atoms with Gasteiger partial charge in [0, 0.05) is 22.9 Å². The minimum atomic E-state index is -0.419. The van der Waals surface area contributed by atoms with Crippen molar-refractivity contribution in [1.29, 1.82) is 0 Å². The number of aryl methyl sites for hydroxylation is 1. The monoisotopic (exact) mass is 422 g/mol. The van der Waals surface area contributed by atoms with Gasteiger partial charge in [-0.2, -0.15) is 0 Å². The maximum atomic E-state index is 12.6. The van der Waals surface area contributed by atoms with Gasteiger partial charge >= 0.3 is 11.6 Å². The summed E-state index contributed by atoms with van der Waals surface area (Å²) in [6.45, 7) is 9.58. The maximum absolute atomic E-state index is 12.6. The highest BCUT2D eigenvalue weighted by molar-refractivity contribution is 5.87. The van der Waals surface area contributed by atoms with E-state index in [1.54, 1.807) is 20.1 Å². The largest absolute Gasteiger partial charge is 0.497 e. The van der Waals surface area contributed by atoms with E-state index in [9.17, 15) is 9.59 Å². The normalized spacial score (nSPS) is 11.7. The van der Waals surface area contributed by atoms with E-state index in [0.717, 1.165) is 22.3 Å². The van der Waals surface area contributed by atoms with Gasteiger partial charge in [0.1, 0.15) is 17.1 Å². The van der Waals surface area contributed by atoms with Gasteiger partial charge in [0.15, 0.2) is 0 Å². The van der Waals surface area contributed by atoms with Crippen molar-refractivity contribution in [3.05, 3.63) is 70.6 Å². The highest BCUT2D eigenvalue weighted by Crippen LogP contribution is 2.28. The highest BCUT2D eigenvalue weighted by Gasteiger charge is 2.13. The summed E-state index contributed by atoms with van der Waals surface area (Å²) in [6, 6.07) is 12.7. The lowest BCUT2D eigenvalue weighted by molar-refractivity contribution is -0.140. The van der Waals surface area contributed by atoms with E-state index in [2.05, 4.69) is 6.58 Å². The Morgan fingerprint density at radius 3 is 2.48 bits per heavy atom. The summed E-state index contributed by atoms with van der Waals surface area (Å²) in [7, 11) is 1.61. The van der Waals surface area contributed by atoms with E-state index in [1.165, 1.54) is 0 Å².